The number of likely N-dealkylation sites (tertiary alicyclic amines) is 2. The molecule has 2 aliphatic heterocycles. The Hall–Kier alpha value is -3.32. The molecule has 0 saturated carbocycles. The molecule has 3 N–H and O–H groups in total. The van der Waals surface area contributed by atoms with Gasteiger partial charge in [0.2, 0.25) is 11.8 Å². The second-order valence-corrected chi connectivity index (χ2v) is 10.7. The van der Waals surface area contributed by atoms with Gasteiger partial charge in [-0.1, -0.05) is 0 Å². The van der Waals surface area contributed by atoms with Gasteiger partial charge in [0.1, 0.15) is 17.7 Å². The second-order valence-electron chi connectivity index (χ2n) is 10.7. The summed E-state index contributed by atoms with van der Waals surface area (Å²) in [5.74, 6) is -0.717. The number of nitrogens with two attached hydrogens (primary N) is 1. The van der Waals surface area contributed by atoms with Gasteiger partial charge in [0.05, 0.1) is 6.07 Å². The fraction of sp³-hybridized carbons (Fsp3) is 0.615. The lowest BCUT2D eigenvalue weighted by molar-refractivity contribution is -0.134. The van der Waals surface area contributed by atoms with E-state index in [9.17, 15) is 19.6 Å². The van der Waals surface area contributed by atoms with E-state index in [1.807, 2.05) is 19.2 Å². The van der Waals surface area contributed by atoms with E-state index in [-0.39, 0.29) is 18.0 Å². The number of alkyl carbamates (subject to hydrolysis) is 1. The van der Waals surface area contributed by atoms with Crippen LogP contribution in [0.4, 0.5) is 10.5 Å². The van der Waals surface area contributed by atoms with E-state index in [1.165, 1.54) is 0 Å². The van der Waals surface area contributed by atoms with Crippen LogP contribution < -0.4 is 16.0 Å². The van der Waals surface area contributed by atoms with Gasteiger partial charge in [0.25, 0.3) is 0 Å². The number of carbonyl (C=O) groups excluding carboxylic acids is 3. The fourth-order valence-corrected chi connectivity index (χ4v) is 4.91. The third-order valence-corrected chi connectivity index (χ3v) is 6.88. The lowest BCUT2D eigenvalue weighted by Gasteiger charge is -2.32. The highest BCUT2D eigenvalue weighted by molar-refractivity contribution is 5.93. The Morgan fingerprint density at radius 2 is 1.94 bits per heavy atom. The van der Waals surface area contributed by atoms with Crippen molar-refractivity contribution in [2.45, 2.75) is 76.7 Å². The van der Waals surface area contributed by atoms with E-state index in [1.54, 1.807) is 37.8 Å². The summed E-state index contributed by atoms with van der Waals surface area (Å²) in [4.78, 5) is 43.4. The highest BCUT2D eigenvalue weighted by atomic mass is 16.6. The molecule has 196 valence electrons. The first-order valence-corrected chi connectivity index (χ1v) is 12.5. The van der Waals surface area contributed by atoms with Crippen molar-refractivity contribution < 1.29 is 19.1 Å². The van der Waals surface area contributed by atoms with Crippen LogP contribution in [0.25, 0.3) is 0 Å². The van der Waals surface area contributed by atoms with Crippen LogP contribution in [0, 0.1) is 11.3 Å². The van der Waals surface area contributed by atoms with Crippen LogP contribution in [0.1, 0.15) is 57.3 Å². The maximum absolute atomic E-state index is 13.5. The Bertz CT molecular complexity index is 999. The summed E-state index contributed by atoms with van der Waals surface area (Å²) in [7, 11) is 2.00. The number of amides is 3. The Morgan fingerprint density at radius 1 is 1.28 bits per heavy atom. The summed E-state index contributed by atoms with van der Waals surface area (Å²) in [5.41, 5.74) is 6.08. The number of ether oxygens (including phenoxy) is 1. The van der Waals surface area contributed by atoms with Crippen molar-refractivity contribution in [3.05, 3.63) is 29.8 Å². The number of nitrogens with one attached hydrogen (secondary N) is 1. The molecular formula is C26H38N6O4. The zero-order valence-electron chi connectivity index (χ0n) is 21.9. The Balaban J connectivity index is 1.72. The molecule has 1 aromatic carbocycles. The average Bonchev–Trinajstić information content (AvgIpc) is 3.43. The summed E-state index contributed by atoms with van der Waals surface area (Å²) in [6.07, 6.45) is 1.63. The molecule has 10 heteroatoms. The minimum absolute atomic E-state index is 0.170. The normalized spacial score (nSPS) is 23.1. The number of hydrogen-bond donors (Lipinski definition) is 2. The van der Waals surface area contributed by atoms with Crippen LogP contribution in [0.3, 0.4) is 0 Å². The van der Waals surface area contributed by atoms with E-state index in [0.717, 1.165) is 18.5 Å². The number of primary amides is 1. The molecule has 0 bridgehead atoms. The van der Waals surface area contributed by atoms with Gasteiger partial charge >= 0.3 is 6.09 Å². The van der Waals surface area contributed by atoms with Gasteiger partial charge in [0.15, 0.2) is 0 Å². The van der Waals surface area contributed by atoms with Gasteiger partial charge in [-0.25, -0.2) is 4.79 Å². The van der Waals surface area contributed by atoms with Crippen molar-refractivity contribution >= 4 is 23.6 Å². The first-order chi connectivity index (χ1) is 16.9. The van der Waals surface area contributed by atoms with Gasteiger partial charge in [0, 0.05) is 50.0 Å². The molecule has 2 fully saturated rings. The Kier molecular flexibility index (Phi) is 8.46. The Morgan fingerprint density at radius 3 is 2.53 bits per heavy atom. The lowest BCUT2D eigenvalue weighted by atomic mass is 10.1. The van der Waals surface area contributed by atoms with E-state index in [0.29, 0.717) is 31.6 Å². The zero-order chi connectivity index (χ0) is 26.6. The first-order valence-electron chi connectivity index (χ1n) is 12.5. The van der Waals surface area contributed by atoms with Crippen molar-refractivity contribution in [3.8, 4) is 6.07 Å². The molecule has 0 radical (unpaired) electrons. The number of hydrogen-bond acceptors (Lipinski definition) is 7. The third kappa shape index (κ3) is 6.66. The first kappa shape index (κ1) is 27.3. The predicted octanol–water partition coefficient (Wildman–Crippen LogP) is 2.09. The van der Waals surface area contributed by atoms with Crippen LogP contribution in [0.2, 0.25) is 0 Å². The minimum atomic E-state index is -0.824. The minimum Gasteiger partial charge on any atom is -0.444 e. The summed E-state index contributed by atoms with van der Waals surface area (Å²) < 4.78 is 5.42. The number of benzene rings is 1. The van der Waals surface area contributed by atoms with Crippen LogP contribution in [-0.4, -0.2) is 84.2 Å². The number of nitriles is 1. The highest BCUT2D eigenvalue weighted by Crippen LogP contribution is 2.27. The quantitative estimate of drug-likeness (QED) is 0.588. The lowest BCUT2D eigenvalue weighted by Crippen LogP contribution is -2.55. The second kappa shape index (κ2) is 11.2. The monoisotopic (exact) mass is 498 g/mol. The van der Waals surface area contributed by atoms with Crippen molar-refractivity contribution in [2.24, 2.45) is 5.73 Å². The fourth-order valence-electron chi connectivity index (χ4n) is 4.91. The number of rotatable bonds is 7. The molecule has 36 heavy (non-hydrogen) atoms. The van der Waals surface area contributed by atoms with E-state index >= 15 is 0 Å². The Labute approximate surface area is 213 Å². The number of nitrogens with zero attached hydrogens (tertiary/aromatic N) is 4. The summed E-state index contributed by atoms with van der Waals surface area (Å²) in [6, 6.07) is 8.43. The summed E-state index contributed by atoms with van der Waals surface area (Å²) >= 11 is 0. The maximum atomic E-state index is 13.5. The average molecular weight is 499 g/mol. The third-order valence-electron chi connectivity index (χ3n) is 6.88. The van der Waals surface area contributed by atoms with E-state index in [2.05, 4.69) is 28.1 Å². The molecule has 0 spiro atoms. The van der Waals surface area contributed by atoms with Crippen molar-refractivity contribution in [3.63, 3.8) is 0 Å². The highest BCUT2D eigenvalue weighted by Gasteiger charge is 2.39. The molecule has 1 aromatic rings. The van der Waals surface area contributed by atoms with Gasteiger partial charge < -0.3 is 25.6 Å². The largest absolute Gasteiger partial charge is 0.444 e. The molecule has 10 nitrogen and oxygen atoms in total. The number of carbonyl (C=O) groups is 3. The predicted molar refractivity (Wildman–Crippen MR) is 136 cm³/mol. The molecule has 2 unspecified atom stereocenters. The standard InChI is InChI=1S/C26H38N6O4/c1-17-13-21(30(5)19-10-8-18(9-11-19)23(28)33)15-31(17)16-22(29-25(35)36-26(2,3)4)24(34)32-12-6-7-20(32)14-27/h8-11,17,20-22H,6-7,12-13,15-16H2,1-5H3,(H2,28,33)(H,29,35)/t17?,20?,21-,22-/m0/s1. The van der Waals surface area contributed by atoms with Crippen molar-refractivity contribution in [1.82, 2.24) is 15.1 Å². The van der Waals surface area contributed by atoms with Gasteiger partial charge in [-0.05, 0) is 71.2 Å². The van der Waals surface area contributed by atoms with Gasteiger partial charge in [-0.2, -0.15) is 5.26 Å². The molecule has 0 aromatic heterocycles. The van der Waals surface area contributed by atoms with E-state index < -0.39 is 29.7 Å². The molecule has 2 aliphatic rings. The van der Waals surface area contributed by atoms with Gasteiger partial charge in [-0.15, -0.1) is 0 Å². The van der Waals surface area contributed by atoms with Crippen LogP contribution in [0.5, 0.6) is 0 Å². The van der Waals surface area contributed by atoms with Gasteiger partial charge in [-0.3, -0.25) is 14.5 Å². The molecule has 2 heterocycles. The number of anilines is 1. The van der Waals surface area contributed by atoms with Crippen molar-refractivity contribution in [1.29, 1.82) is 5.26 Å². The van der Waals surface area contributed by atoms with Crippen LogP contribution in [0.15, 0.2) is 24.3 Å². The summed E-state index contributed by atoms with van der Waals surface area (Å²) in [5, 5.41) is 12.3. The smallest absolute Gasteiger partial charge is 0.408 e. The summed E-state index contributed by atoms with van der Waals surface area (Å²) in [6.45, 7) is 8.94. The molecule has 2 saturated heterocycles. The zero-order valence-corrected chi connectivity index (χ0v) is 21.9. The van der Waals surface area contributed by atoms with Crippen LogP contribution >= 0.6 is 0 Å². The maximum Gasteiger partial charge on any atom is 0.408 e. The molecular weight excluding hydrogens is 460 g/mol. The van der Waals surface area contributed by atoms with Crippen LogP contribution in [-0.2, 0) is 9.53 Å². The molecule has 3 amide bonds. The van der Waals surface area contributed by atoms with Crippen molar-refractivity contribution in [2.75, 3.05) is 31.6 Å². The van der Waals surface area contributed by atoms with E-state index in [4.69, 9.17) is 10.5 Å². The SMILES string of the molecule is CC1C[C@H](N(C)c2ccc(C(N)=O)cc2)CN1C[C@H](NC(=O)OC(C)(C)C)C(=O)N1CCCC1C#N. The topological polar surface area (TPSA) is 132 Å². The molecule has 0 aliphatic carbocycles. The molecule has 4 atom stereocenters. The number of likely N-dealkylation sites (N-methyl/N-ethyl adjacent to an activating group) is 1. The molecule has 3 rings (SSSR count).